The monoisotopic (exact) mass is 273 g/mol. The number of benzene rings is 1. The number of fused-ring (bicyclic) bond motifs is 1. The summed E-state index contributed by atoms with van der Waals surface area (Å²) in [5.41, 5.74) is 4.68. The smallest absolute Gasteiger partial charge is 0.0325 e. The van der Waals surface area contributed by atoms with E-state index in [1.807, 2.05) is 0 Å². The summed E-state index contributed by atoms with van der Waals surface area (Å²) in [6, 6.07) is 7.82. The molecule has 0 aliphatic heterocycles. The van der Waals surface area contributed by atoms with E-state index < -0.39 is 0 Å². The molecule has 1 aliphatic rings. The Morgan fingerprint density at radius 2 is 2.10 bits per heavy atom. The SMILES string of the molecule is CCCNC1CC(C)CCc2ccc(C(C)CC)cc21. The first-order valence-electron chi connectivity index (χ1n) is 8.51. The molecule has 1 nitrogen and oxygen atoms in total. The molecule has 20 heavy (non-hydrogen) atoms. The quantitative estimate of drug-likeness (QED) is 0.726. The third-order valence-electron chi connectivity index (χ3n) is 4.91. The van der Waals surface area contributed by atoms with Crippen molar-refractivity contribution >= 4 is 0 Å². The average Bonchev–Trinajstić information content (AvgIpc) is 2.63. The molecule has 1 heteroatoms. The summed E-state index contributed by atoms with van der Waals surface area (Å²) >= 11 is 0. The first kappa shape index (κ1) is 15.6. The van der Waals surface area contributed by atoms with Crippen LogP contribution in [0.4, 0.5) is 0 Å². The van der Waals surface area contributed by atoms with E-state index >= 15 is 0 Å². The minimum atomic E-state index is 0.562. The minimum Gasteiger partial charge on any atom is -0.310 e. The van der Waals surface area contributed by atoms with E-state index in [9.17, 15) is 0 Å². The topological polar surface area (TPSA) is 12.0 Å². The van der Waals surface area contributed by atoms with Crippen molar-refractivity contribution in [3.8, 4) is 0 Å². The van der Waals surface area contributed by atoms with Crippen LogP contribution in [0.25, 0.3) is 0 Å². The first-order valence-corrected chi connectivity index (χ1v) is 8.51. The molecule has 1 aliphatic carbocycles. The van der Waals surface area contributed by atoms with Crippen molar-refractivity contribution in [2.75, 3.05) is 6.54 Å². The van der Waals surface area contributed by atoms with Gasteiger partial charge in [0.15, 0.2) is 0 Å². The number of aryl methyl sites for hydroxylation is 1. The number of hydrogen-bond donors (Lipinski definition) is 1. The molecule has 0 saturated carbocycles. The highest BCUT2D eigenvalue weighted by Crippen LogP contribution is 2.34. The van der Waals surface area contributed by atoms with Crippen molar-refractivity contribution in [1.29, 1.82) is 0 Å². The lowest BCUT2D eigenvalue weighted by molar-refractivity contribution is 0.408. The predicted molar refractivity (Wildman–Crippen MR) is 88.3 cm³/mol. The molecule has 0 spiro atoms. The molecule has 0 aromatic heterocycles. The van der Waals surface area contributed by atoms with E-state index in [-0.39, 0.29) is 0 Å². The highest BCUT2D eigenvalue weighted by atomic mass is 14.9. The van der Waals surface area contributed by atoms with Gasteiger partial charge in [0.05, 0.1) is 0 Å². The van der Waals surface area contributed by atoms with Gasteiger partial charge in [-0.3, -0.25) is 0 Å². The van der Waals surface area contributed by atoms with Gasteiger partial charge in [-0.2, -0.15) is 0 Å². The molecule has 1 aromatic carbocycles. The van der Waals surface area contributed by atoms with Crippen molar-refractivity contribution in [2.45, 2.75) is 71.8 Å². The lowest BCUT2D eigenvalue weighted by Crippen LogP contribution is -2.23. The predicted octanol–water partition coefficient (Wildman–Crippen LogP) is 5.21. The molecule has 0 amide bonds. The molecule has 2 rings (SSSR count). The summed E-state index contributed by atoms with van der Waals surface area (Å²) in [5, 5.41) is 3.78. The second-order valence-electron chi connectivity index (χ2n) is 6.65. The van der Waals surface area contributed by atoms with Gasteiger partial charge in [-0.1, -0.05) is 45.9 Å². The zero-order chi connectivity index (χ0) is 14.5. The standard InChI is InChI=1S/C19H31N/c1-5-11-20-19-12-14(3)7-8-16-9-10-17(13-18(16)19)15(4)6-2/h9-10,13-15,19-20H,5-8,11-12H2,1-4H3. The zero-order valence-electron chi connectivity index (χ0n) is 13.7. The van der Waals surface area contributed by atoms with Gasteiger partial charge in [0.2, 0.25) is 0 Å². The minimum absolute atomic E-state index is 0.562. The Balaban J connectivity index is 2.30. The molecule has 1 aromatic rings. The van der Waals surface area contributed by atoms with Crippen molar-refractivity contribution in [3.63, 3.8) is 0 Å². The maximum absolute atomic E-state index is 3.78. The third-order valence-corrected chi connectivity index (χ3v) is 4.91. The number of hydrogen-bond acceptors (Lipinski definition) is 1. The van der Waals surface area contributed by atoms with E-state index in [4.69, 9.17) is 0 Å². The second-order valence-corrected chi connectivity index (χ2v) is 6.65. The van der Waals surface area contributed by atoms with Gasteiger partial charge < -0.3 is 5.32 Å². The van der Waals surface area contributed by atoms with E-state index in [2.05, 4.69) is 51.2 Å². The summed E-state index contributed by atoms with van der Waals surface area (Å²) < 4.78 is 0. The highest BCUT2D eigenvalue weighted by Gasteiger charge is 2.22. The Hall–Kier alpha value is -0.820. The van der Waals surface area contributed by atoms with Crippen molar-refractivity contribution in [3.05, 3.63) is 34.9 Å². The van der Waals surface area contributed by atoms with Gasteiger partial charge in [-0.05, 0) is 67.2 Å². The summed E-state index contributed by atoms with van der Waals surface area (Å²) in [5.74, 6) is 1.50. The molecule has 0 fully saturated rings. The molecule has 3 atom stereocenters. The maximum atomic E-state index is 3.78. The Morgan fingerprint density at radius 3 is 2.80 bits per heavy atom. The number of nitrogens with one attached hydrogen (secondary N) is 1. The second kappa shape index (κ2) is 7.26. The van der Waals surface area contributed by atoms with Crippen LogP contribution in [0.3, 0.4) is 0 Å². The molecular formula is C19H31N. The average molecular weight is 273 g/mol. The fourth-order valence-electron chi connectivity index (χ4n) is 3.27. The lowest BCUT2D eigenvalue weighted by Gasteiger charge is -2.22. The Morgan fingerprint density at radius 1 is 1.30 bits per heavy atom. The molecule has 112 valence electrons. The van der Waals surface area contributed by atoms with Crippen LogP contribution < -0.4 is 5.32 Å². The van der Waals surface area contributed by atoms with Crippen LogP contribution >= 0.6 is 0 Å². The molecular weight excluding hydrogens is 242 g/mol. The molecule has 1 N–H and O–H groups in total. The largest absolute Gasteiger partial charge is 0.310 e. The van der Waals surface area contributed by atoms with E-state index in [0.29, 0.717) is 12.0 Å². The molecule has 0 heterocycles. The van der Waals surface area contributed by atoms with Crippen LogP contribution in [0, 0.1) is 5.92 Å². The van der Waals surface area contributed by atoms with Crippen molar-refractivity contribution < 1.29 is 0 Å². The molecule has 3 unspecified atom stereocenters. The van der Waals surface area contributed by atoms with Crippen molar-refractivity contribution in [1.82, 2.24) is 5.32 Å². The Bertz CT molecular complexity index is 424. The van der Waals surface area contributed by atoms with Gasteiger partial charge >= 0.3 is 0 Å². The van der Waals surface area contributed by atoms with E-state index in [0.717, 1.165) is 12.5 Å². The highest BCUT2D eigenvalue weighted by molar-refractivity contribution is 5.37. The summed E-state index contributed by atoms with van der Waals surface area (Å²) in [6.07, 6.45) is 6.31. The van der Waals surface area contributed by atoms with Gasteiger partial charge in [0.1, 0.15) is 0 Å². The summed E-state index contributed by atoms with van der Waals surface area (Å²) in [7, 11) is 0. The zero-order valence-corrected chi connectivity index (χ0v) is 13.7. The van der Waals surface area contributed by atoms with E-state index in [1.54, 1.807) is 11.1 Å². The Kier molecular flexibility index (Phi) is 5.65. The maximum Gasteiger partial charge on any atom is 0.0325 e. The lowest BCUT2D eigenvalue weighted by atomic mass is 9.90. The molecule has 0 saturated heterocycles. The Labute approximate surface area is 125 Å². The normalized spacial score (nSPS) is 24.0. The van der Waals surface area contributed by atoms with Crippen LogP contribution in [0.15, 0.2) is 18.2 Å². The molecule has 0 bridgehead atoms. The van der Waals surface area contributed by atoms with Gasteiger partial charge in [0, 0.05) is 6.04 Å². The number of rotatable bonds is 5. The first-order chi connectivity index (χ1) is 9.65. The molecule has 0 radical (unpaired) electrons. The van der Waals surface area contributed by atoms with Crippen LogP contribution in [-0.4, -0.2) is 6.54 Å². The fourth-order valence-corrected chi connectivity index (χ4v) is 3.27. The summed E-state index contributed by atoms with van der Waals surface area (Å²) in [4.78, 5) is 0. The van der Waals surface area contributed by atoms with Crippen LogP contribution in [0.2, 0.25) is 0 Å². The van der Waals surface area contributed by atoms with Gasteiger partial charge in [-0.15, -0.1) is 0 Å². The van der Waals surface area contributed by atoms with Crippen LogP contribution in [0.1, 0.15) is 82.0 Å². The van der Waals surface area contributed by atoms with E-state index in [1.165, 1.54) is 37.7 Å². The van der Waals surface area contributed by atoms with Crippen LogP contribution in [0.5, 0.6) is 0 Å². The fraction of sp³-hybridized carbons (Fsp3) is 0.684. The van der Waals surface area contributed by atoms with Crippen LogP contribution in [-0.2, 0) is 6.42 Å². The van der Waals surface area contributed by atoms with Crippen molar-refractivity contribution in [2.24, 2.45) is 5.92 Å². The third kappa shape index (κ3) is 3.63. The van der Waals surface area contributed by atoms with Gasteiger partial charge in [-0.25, -0.2) is 0 Å². The van der Waals surface area contributed by atoms with Gasteiger partial charge in [0.25, 0.3) is 0 Å². The summed E-state index contributed by atoms with van der Waals surface area (Å²) in [6.45, 7) is 10.4.